The zero-order valence-corrected chi connectivity index (χ0v) is 12.5. The van der Waals surface area contributed by atoms with E-state index in [1.165, 1.54) is 5.56 Å². The third kappa shape index (κ3) is 2.93. The summed E-state index contributed by atoms with van der Waals surface area (Å²) in [5.74, 6) is 0.708. The Hall–Kier alpha value is -1.29. The molecule has 1 aromatic carbocycles. The second-order valence-corrected chi connectivity index (χ2v) is 6.41. The van der Waals surface area contributed by atoms with Crippen LogP contribution >= 0.6 is 15.9 Å². The topological polar surface area (TPSA) is 43.8 Å². The Morgan fingerprint density at radius 1 is 1.28 bits per heavy atom. The molecule has 0 saturated carbocycles. The molecule has 0 unspecified atom stereocenters. The average Bonchev–Trinajstić information content (AvgIpc) is 2.60. The first-order chi connectivity index (χ1) is 8.36. The highest BCUT2D eigenvalue weighted by molar-refractivity contribution is 9.10. The summed E-state index contributed by atoms with van der Waals surface area (Å²) < 4.78 is 2.92. The Bertz CT molecular complexity index is 552. The van der Waals surface area contributed by atoms with E-state index in [0.29, 0.717) is 12.4 Å². The monoisotopic (exact) mass is 307 g/mol. The molecule has 0 aliphatic rings. The quantitative estimate of drug-likeness (QED) is 0.921. The van der Waals surface area contributed by atoms with E-state index in [0.717, 1.165) is 10.2 Å². The van der Waals surface area contributed by atoms with Gasteiger partial charge in [0.2, 0.25) is 0 Å². The number of hydrogen-bond donors (Lipinski definition) is 1. The number of halogens is 1. The van der Waals surface area contributed by atoms with Crippen LogP contribution in [0.5, 0.6) is 0 Å². The number of anilines is 1. The predicted molar refractivity (Wildman–Crippen MR) is 78.6 cm³/mol. The first kappa shape index (κ1) is 13.1. The zero-order valence-electron chi connectivity index (χ0n) is 10.9. The molecule has 0 atom stereocenters. The molecule has 2 N–H and O–H groups in total. The minimum absolute atomic E-state index is 0.0244. The van der Waals surface area contributed by atoms with Gasteiger partial charge in [0.25, 0.3) is 0 Å². The van der Waals surface area contributed by atoms with Crippen LogP contribution in [-0.2, 0) is 12.0 Å². The molecule has 0 saturated heterocycles. The lowest BCUT2D eigenvalue weighted by molar-refractivity contribution is 0.546. The molecule has 1 aromatic heterocycles. The van der Waals surface area contributed by atoms with Crippen LogP contribution in [0.4, 0.5) is 5.82 Å². The van der Waals surface area contributed by atoms with Crippen LogP contribution in [0.15, 0.2) is 34.8 Å². The Morgan fingerprint density at radius 2 is 2.00 bits per heavy atom. The van der Waals surface area contributed by atoms with E-state index in [-0.39, 0.29) is 5.41 Å². The maximum Gasteiger partial charge on any atom is 0.122 e. The molecule has 1 heterocycles. The number of benzene rings is 1. The van der Waals surface area contributed by atoms with Crippen LogP contribution in [-0.4, -0.2) is 9.78 Å². The summed E-state index contributed by atoms with van der Waals surface area (Å²) in [5, 5.41) is 4.58. The molecule has 2 rings (SSSR count). The standard InChI is InChI=1S/C14H18BrN3/c1-14(2,3)12-8-13(16)18(17-12)9-10-5-4-6-11(15)7-10/h4-8H,9,16H2,1-3H3. The van der Waals surface area contributed by atoms with E-state index in [9.17, 15) is 0 Å². The van der Waals surface area contributed by atoms with Gasteiger partial charge in [-0.1, -0.05) is 48.8 Å². The van der Waals surface area contributed by atoms with Crippen molar-refractivity contribution in [2.75, 3.05) is 5.73 Å². The largest absolute Gasteiger partial charge is 0.384 e. The van der Waals surface area contributed by atoms with Crippen molar-refractivity contribution >= 4 is 21.7 Å². The minimum Gasteiger partial charge on any atom is -0.384 e. The van der Waals surface area contributed by atoms with Crippen molar-refractivity contribution in [3.63, 3.8) is 0 Å². The van der Waals surface area contributed by atoms with Gasteiger partial charge in [-0.3, -0.25) is 0 Å². The van der Waals surface area contributed by atoms with Gasteiger partial charge in [-0.05, 0) is 17.7 Å². The maximum atomic E-state index is 6.01. The summed E-state index contributed by atoms with van der Waals surface area (Å²) in [4.78, 5) is 0. The highest BCUT2D eigenvalue weighted by atomic mass is 79.9. The van der Waals surface area contributed by atoms with Gasteiger partial charge in [0.15, 0.2) is 0 Å². The molecular weight excluding hydrogens is 290 g/mol. The van der Waals surface area contributed by atoms with Crippen LogP contribution in [0, 0.1) is 0 Å². The number of aromatic nitrogens is 2. The maximum absolute atomic E-state index is 6.01. The zero-order chi connectivity index (χ0) is 13.3. The van der Waals surface area contributed by atoms with Gasteiger partial charge >= 0.3 is 0 Å². The predicted octanol–water partition coefficient (Wildman–Crippen LogP) is 3.57. The van der Waals surface area contributed by atoms with E-state index in [2.05, 4.69) is 53.9 Å². The van der Waals surface area contributed by atoms with Crippen molar-refractivity contribution in [2.24, 2.45) is 0 Å². The molecule has 4 heteroatoms. The second-order valence-electron chi connectivity index (χ2n) is 5.49. The fraction of sp³-hybridized carbons (Fsp3) is 0.357. The number of rotatable bonds is 2. The minimum atomic E-state index is 0.0244. The summed E-state index contributed by atoms with van der Waals surface area (Å²) in [7, 11) is 0. The summed E-state index contributed by atoms with van der Waals surface area (Å²) in [6.45, 7) is 7.11. The number of hydrogen-bond acceptors (Lipinski definition) is 2. The first-order valence-corrected chi connectivity index (χ1v) is 6.74. The van der Waals surface area contributed by atoms with Crippen LogP contribution in [0.3, 0.4) is 0 Å². The molecule has 0 bridgehead atoms. The van der Waals surface area contributed by atoms with Crippen LogP contribution in [0.2, 0.25) is 0 Å². The first-order valence-electron chi connectivity index (χ1n) is 5.94. The van der Waals surface area contributed by atoms with E-state index in [4.69, 9.17) is 5.73 Å². The fourth-order valence-corrected chi connectivity index (χ4v) is 2.18. The molecule has 3 nitrogen and oxygen atoms in total. The Kier molecular flexibility index (Phi) is 3.48. The second kappa shape index (κ2) is 4.76. The lowest BCUT2D eigenvalue weighted by Gasteiger charge is -2.14. The molecule has 2 aromatic rings. The lowest BCUT2D eigenvalue weighted by Crippen LogP contribution is -2.13. The normalized spacial score (nSPS) is 11.8. The third-order valence-corrected chi connectivity index (χ3v) is 3.29. The Balaban J connectivity index is 2.27. The number of nitrogens with two attached hydrogens (primary N) is 1. The van der Waals surface area contributed by atoms with Gasteiger partial charge < -0.3 is 5.73 Å². The van der Waals surface area contributed by atoms with Gasteiger partial charge in [0, 0.05) is 16.0 Å². The molecule has 0 fully saturated rings. The van der Waals surface area contributed by atoms with Gasteiger partial charge in [-0.15, -0.1) is 0 Å². The van der Waals surface area contributed by atoms with Crippen molar-refractivity contribution in [2.45, 2.75) is 32.7 Å². The van der Waals surface area contributed by atoms with Crippen molar-refractivity contribution < 1.29 is 0 Å². The summed E-state index contributed by atoms with van der Waals surface area (Å²) in [5.41, 5.74) is 8.24. The van der Waals surface area contributed by atoms with Gasteiger partial charge in [-0.25, -0.2) is 4.68 Å². The van der Waals surface area contributed by atoms with Crippen molar-refractivity contribution in [1.82, 2.24) is 9.78 Å². The molecule has 96 valence electrons. The highest BCUT2D eigenvalue weighted by Crippen LogP contribution is 2.23. The van der Waals surface area contributed by atoms with E-state index < -0.39 is 0 Å². The Labute approximate surface area is 116 Å². The SMILES string of the molecule is CC(C)(C)c1cc(N)n(Cc2cccc(Br)c2)n1. The number of nitrogens with zero attached hydrogens (tertiary/aromatic N) is 2. The molecule has 0 aliphatic heterocycles. The van der Waals surface area contributed by atoms with E-state index in [1.807, 2.05) is 22.9 Å². The molecule has 0 radical (unpaired) electrons. The lowest BCUT2D eigenvalue weighted by atomic mass is 9.92. The fourth-order valence-electron chi connectivity index (χ4n) is 1.73. The summed E-state index contributed by atoms with van der Waals surface area (Å²) in [6, 6.07) is 10.1. The molecular formula is C14H18BrN3. The smallest absolute Gasteiger partial charge is 0.122 e. The van der Waals surface area contributed by atoms with Crippen LogP contribution < -0.4 is 5.73 Å². The highest BCUT2D eigenvalue weighted by Gasteiger charge is 2.18. The molecule has 0 aliphatic carbocycles. The molecule has 18 heavy (non-hydrogen) atoms. The van der Waals surface area contributed by atoms with Crippen molar-refractivity contribution in [1.29, 1.82) is 0 Å². The third-order valence-electron chi connectivity index (χ3n) is 2.80. The van der Waals surface area contributed by atoms with Gasteiger partial charge in [0.1, 0.15) is 5.82 Å². The summed E-state index contributed by atoms with van der Waals surface area (Å²) in [6.07, 6.45) is 0. The van der Waals surface area contributed by atoms with E-state index in [1.54, 1.807) is 0 Å². The van der Waals surface area contributed by atoms with Crippen molar-refractivity contribution in [3.05, 3.63) is 46.1 Å². The van der Waals surface area contributed by atoms with Gasteiger partial charge in [0.05, 0.1) is 12.2 Å². The average molecular weight is 308 g/mol. The van der Waals surface area contributed by atoms with Gasteiger partial charge in [-0.2, -0.15) is 5.10 Å². The van der Waals surface area contributed by atoms with E-state index >= 15 is 0 Å². The number of nitrogen functional groups attached to an aromatic ring is 1. The Morgan fingerprint density at radius 3 is 2.56 bits per heavy atom. The molecule has 0 spiro atoms. The van der Waals surface area contributed by atoms with Crippen LogP contribution in [0.25, 0.3) is 0 Å². The molecule has 0 amide bonds. The van der Waals surface area contributed by atoms with Crippen LogP contribution in [0.1, 0.15) is 32.0 Å². The summed E-state index contributed by atoms with van der Waals surface area (Å²) >= 11 is 3.47. The van der Waals surface area contributed by atoms with Crippen molar-refractivity contribution in [3.8, 4) is 0 Å².